The summed E-state index contributed by atoms with van der Waals surface area (Å²) in [5, 5.41) is 0. The molecular formula is C24H27FN2O4S. The van der Waals surface area contributed by atoms with Crippen molar-refractivity contribution in [1.82, 2.24) is 9.21 Å². The molecule has 170 valence electrons. The monoisotopic (exact) mass is 458 g/mol. The van der Waals surface area contributed by atoms with E-state index in [-0.39, 0.29) is 23.9 Å². The predicted molar refractivity (Wildman–Crippen MR) is 120 cm³/mol. The highest BCUT2D eigenvalue weighted by molar-refractivity contribution is 7.89. The molecule has 6 nitrogen and oxygen atoms in total. The predicted octanol–water partition coefficient (Wildman–Crippen LogP) is 4.09. The van der Waals surface area contributed by atoms with Gasteiger partial charge in [0, 0.05) is 12.6 Å². The molecule has 0 aliphatic heterocycles. The topological polar surface area (TPSA) is 70.8 Å². The van der Waals surface area contributed by atoms with E-state index < -0.39 is 21.9 Å². The van der Waals surface area contributed by atoms with Gasteiger partial charge in [0.1, 0.15) is 11.6 Å². The van der Waals surface area contributed by atoms with E-state index >= 15 is 0 Å². The molecule has 3 rings (SSSR count). The first kappa shape index (κ1) is 23.7. The van der Waals surface area contributed by atoms with Gasteiger partial charge in [0.05, 0.1) is 24.2 Å². The summed E-state index contributed by atoms with van der Waals surface area (Å²) in [6, 6.07) is 17.4. The summed E-state index contributed by atoms with van der Waals surface area (Å²) in [5.74, 6) is -0.248. The zero-order valence-corrected chi connectivity index (χ0v) is 19.0. The quantitative estimate of drug-likeness (QED) is 0.459. The summed E-state index contributed by atoms with van der Waals surface area (Å²) in [5.41, 5.74) is 1.07. The fraction of sp³-hybridized carbons (Fsp3) is 0.292. The molecule has 0 radical (unpaired) electrons. The first-order valence-corrected chi connectivity index (χ1v) is 11.8. The molecule has 0 aliphatic carbocycles. The van der Waals surface area contributed by atoms with Crippen LogP contribution in [0.3, 0.4) is 0 Å². The molecule has 0 spiro atoms. The summed E-state index contributed by atoms with van der Waals surface area (Å²) in [4.78, 5) is 14.8. The number of halogens is 1. The van der Waals surface area contributed by atoms with Crippen LogP contribution in [0.2, 0.25) is 0 Å². The molecule has 1 heterocycles. The average molecular weight is 459 g/mol. The van der Waals surface area contributed by atoms with Crippen molar-refractivity contribution >= 4 is 15.9 Å². The van der Waals surface area contributed by atoms with Crippen LogP contribution in [-0.2, 0) is 27.8 Å². The lowest BCUT2D eigenvalue weighted by Gasteiger charge is -2.29. The Bertz CT molecular complexity index is 1100. The Morgan fingerprint density at radius 1 is 1.00 bits per heavy atom. The molecule has 2 aromatic carbocycles. The third kappa shape index (κ3) is 6.05. The smallest absolute Gasteiger partial charge is 0.243 e. The van der Waals surface area contributed by atoms with Crippen LogP contribution in [0.25, 0.3) is 0 Å². The lowest BCUT2D eigenvalue weighted by molar-refractivity contribution is -0.132. The molecule has 1 amide bonds. The minimum atomic E-state index is -3.98. The van der Waals surface area contributed by atoms with Gasteiger partial charge in [0.25, 0.3) is 0 Å². The Morgan fingerprint density at radius 2 is 1.69 bits per heavy atom. The van der Waals surface area contributed by atoms with E-state index in [1.54, 1.807) is 30.9 Å². The van der Waals surface area contributed by atoms with Gasteiger partial charge in [-0.2, -0.15) is 4.31 Å². The number of furan rings is 1. The Kier molecular flexibility index (Phi) is 7.82. The Hall–Kier alpha value is -2.97. The highest BCUT2D eigenvalue weighted by atomic mass is 32.2. The van der Waals surface area contributed by atoms with Crippen molar-refractivity contribution in [3.8, 4) is 0 Å². The fourth-order valence-corrected chi connectivity index (χ4v) is 4.90. The van der Waals surface area contributed by atoms with Crippen LogP contribution >= 0.6 is 0 Å². The Labute approximate surface area is 188 Å². The van der Waals surface area contributed by atoms with Gasteiger partial charge in [0.15, 0.2) is 0 Å². The van der Waals surface area contributed by atoms with E-state index in [0.29, 0.717) is 18.7 Å². The number of hydrogen-bond donors (Lipinski definition) is 0. The van der Waals surface area contributed by atoms with Crippen molar-refractivity contribution in [3.05, 3.63) is 90.1 Å². The maximum atomic E-state index is 13.3. The van der Waals surface area contributed by atoms with Gasteiger partial charge >= 0.3 is 0 Å². The SMILES string of the molecule is CC(C)N(CC(=O)N(CCc1ccccc1)Cc1ccco1)S(=O)(=O)c1ccc(F)cc1. The van der Waals surface area contributed by atoms with Gasteiger partial charge in [-0.1, -0.05) is 30.3 Å². The van der Waals surface area contributed by atoms with E-state index in [2.05, 4.69) is 0 Å². The number of nitrogens with zero attached hydrogens (tertiary/aromatic N) is 2. The summed E-state index contributed by atoms with van der Waals surface area (Å²) >= 11 is 0. The van der Waals surface area contributed by atoms with Crippen LogP contribution < -0.4 is 0 Å². The second kappa shape index (κ2) is 10.6. The zero-order chi connectivity index (χ0) is 23.1. The van der Waals surface area contributed by atoms with Crippen molar-refractivity contribution in [3.63, 3.8) is 0 Å². The molecule has 0 N–H and O–H groups in total. The summed E-state index contributed by atoms with van der Waals surface area (Å²) < 4.78 is 46.1. The number of carbonyl (C=O) groups is 1. The van der Waals surface area contributed by atoms with Crippen molar-refractivity contribution in [2.24, 2.45) is 0 Å². The molecule has 1 aromatic heterocycles. The molecule has 0 bridgehead atoms. The van der Waals surface area contributed by atoms with Crippen LogP contribution in [-0.4, -0.2) is 42.7 Å². The molecule has 32 heavy (non-hydrogen) atoms. The molecule has 0 fully saturated rings. The van der Waals surface area contributed by atoms with E-state index in [4.69, 9.17) is 4.42 Å². The van der Waals surface area contributed by atoms with Gasteiger partial charge in [-0.15, -0.1) is 0 Å². The molecule has 3 aromatic rings. The van der Waals surface area contributed by atoms with E-state index in [0.717, 1.165) is 22.0 Å². The number of sulfonamides is 1. The number of hydrogen-bond acceptors (Lipinski definition) is 4. The molecule has 8 heteroatoms. The van der Waals surface area contributed by atoms with Crippen molar-refractivity contribution < 1.29 is 22.0 Å². The van der Waals surface area contributed by atoms with E-state index in [1.807, 2.05) is 30.3 Å². The first-order chi connectivity index (χ1) is 15.3. The molecule has 0 saturated carbocycles. The minimum Gasteiger partial charge on any atom is -0.467 e. The third-order valence-electron chi connectivity index (χ3n) is 5.08. The van der Waals surface area contributed by atoms with E-state index in [9.17, 15) is 17.6 Å². The van der Waals surface area contributed by atoms with Crippen molar-refractivity contribution in [2.45, 2.75) is 37.8 Å². The molecular weight excluding hydrogens is 431 g/mol. The first-order valence-electron chi connectivity index (χ1n) is 10.4. The molecule has 0 unspecified atom stereocenters. The zero-order valence-electron chi connectivity index (χ0n) is 18.1. The van der Waals surface area contributed by atoms with Gasteiger partial charge in [-0.05, 0) is 62.2 Å². The van der Waals surface area contributed by atoms with Crippen LogP contribution in [0.15, 0.2) is 82.3 Å². The fourth-order valence-electron chi connectivity index (χ4n) is 3.31. The molecule has 0 atom stereocenters. The summed E-state index contributed by atoms with van der Waals surface area (Å²) in [6.07, 6.45) is 2.16. The van der Waals surface area contributed by atoms with Gasteiger partial charge in [-0.25, -0.2) is 12.8 Å². The second-order valence-corrected chi connectivity index (χ2v) is 9.62. The number of rotatable bonds is 10. The van der Waals surface area contributed by atoms with Crippen LogP contribution in [0.5, 0.6) is 0 Å². The van der Waals surface area contributed by atoms with Gasteiger partial charge in [-0.3, -0.25) is 4.79 Å². The largest absolute Gasteiger partial charge is 0.467 e. The van der Waals surface area contributed by atoms with Crippen LogP contribution in [0.4, 0.5) is 4.39 Å². The molecule has 0 aliphatic rings. The number of benzene rings is 2. The van der Waals surface area contributed by atoms with Gasteiger partial charge < -0.3 is 9.32 Å². The summed E-state index contributed by atoms with van der Waals surface area (Å²) in [7, 11) is -3.98. The number of carbonyl (C=O) groups excluding carboxylic acids is 1. The number of amides is 1. The lowest BCUT2D eigenvalue weighted by Crippen LogP contribution is -2.46. The second-order valence-electron chi connectivity index (χ2n) is 7.73. The molecule has 0 saturated heterocycles. The maximum absolute atomic E-state index is 13.3. The van der Waals surface area contributed by atoms with E-state index in [1.165, 1.54) is 18.4 Å². The minimum absolute atomic E-state index is 0.0535. The van der Waals surface area contributed by atoms with Crippen molar-refractivity contribution in [1.29, 1.82) is 0 Å². The maximum Gasteiger partial charge on any atom is 0.243 e. The Balaban J connectivity index is 1.80. The Morgan fingerprint density at radius 3 is 2.28 bits per heavy atom. The highest BCUT2D eigenvalue weighted by Gasteiger charge is 2.31. The summed E-state index contributed by atoms with van der Waals surface area (Å²) in [6.45, 7) is 3.73. The standard InChI is InChI=1S/C24H27FN2O4S/c1-19(2)27(32(29,30)23-12-10-21(25)11-13-23)18-24(28)26(17-22-9-6-16-31-22)15-14-20-7-4-3-5-8-20/h3-13,16,19H,14-15,17-18H2,1-2H3. The third-order valence-corrected chi connectivity index (χ3v) is 7.12. The van der Waals surface area contributed by atoms with Crippen molar-refractivity contribution in [2.75, 3.05) is 13.1 Å². The highest BCUT2D eigenvalue weighted by Crippen LogP contribution is 2.19. The lowest BCUT2D eigenvalue weighted by atomic mass is 10.1. The van der Waals surface area contributed by atoms with Crippen LogP contribution in [0.1, 0.15) is 25.2 Å². The van der Waals surface area contributed by atoms with Gasteiger partial charge in [0.2, 0.25) is 15.9 Å². The normalized spacial score (nSPS) is 11.8. The average Bonchev–Trinajstić information content (AvgIpc) is 3.28. The van der Waals surface area contributed by atoms with Crippen LogP contribution in [0, 0.1) is 5.82 Å².